The fourth-order valence-corrected chi connectivity index (χ4v) is 3.57. The first-order chi connectivity index (χ1) is 10.6. The molecule has 1 aromatic carbocycles. The van der Waals surface area contributed by atoms with Crippen molar-refractivity contribution in [3.8, 4) is 0 Å². The zero-order chi connectivity index (χ0) is 15.6. The van der Waals surface area contributed by atoms with Gasteiger partial charge in [-0.25, -0.2) is 0 Å². The largest absolute Gasteiger partial charge is 0.381 e. The maximum absolute atomic E-state index is 12.5. The molecule has 1 aromatic rings. The monoisotopic (exact) mass is 299 g/mol. The quantitative estimate of drug-likeness (QED) is 0.908. The van der Waals surface area contributed by atoms with Gasteiger partial charge in [-0.1, -0.05) is 36.4 Å². The Hall–Kier alpha value is -1.45. The Balaban J connectivity index is 1.66. The molecule has 1 fully saturated rings. The lowest BCUT2D eigenvalue weighted by molar-refractivity contribution is -0.133. The van der Waals surface area contributed by atoms with Crippen LogP contribution in [0.5, 0.6) is 0 Å². The van der Waals surface area contributed by atoms with Gasteiger partial charge < -0.3 is 10.0 Å². The summed E-state index contributed by atoms with van der Waals surface area (Å²) in [6.07, 6.45) is 6.06. The first kappa shape index (κ1) is 15.4. The Labute approximate surface area is 132 Å². The number of hydrogen-bond donors (Lipinski definition) is 1. The number of hydrogen-bond acceptors (Lipinski definition) is 3. The fourth-order valence-electron chi connectivity index (χ4n) is 3.57. The molecule has 0 unspecified atom stereocenters. The summed E-state index contributed by atoms with van der Waals surface area (Å²) in [7, 11) is 0. The average Bonchev–Trinajstić information content (AvgIpc) is 3.09. The van der Waals surface area contributed by atoms with Crippen molar-refractivity contribution in [2.45, 2.75) is 38.2 Å². The zero-order valence-corrected chi connectivity index (χ0v) is 13.3. The van der Waals surface area contributed by atoms with E-state index in [9.17, 15) is 9.90 Å². The van der Waals surface area contributed by atoms with Gasteiger partial charge in [0.15, 0.2) is 5.78 Å². The van der Waals surface area contributed by atoms with E-state index in [1.54, 1.807) is 6.92 Å². The smallest absolute Gasteiger partial charge is 0.190 e. The van der Waals surface area contributed by atoms with Gasteiger partial charge in [0.1, 0.15) is 5.60 Å². The number of Topliss-reactive ketones (excluding diaryl/α,β-unsaturated/α-hetero) is 1. The molecule has 3 heteroatoms. The average molecular weight is 299 g/mol. The molecule has 2 aliphatic rings. The Morgan fingerprint density at radius 1 is 1.18 bits per heavy atom. The van der Waals surface area contributed by atoms with Crippen LogP contribution in [0.2, 0.25) is 0 Å². The second-order valence-corrected chi connectivity index (χ2v) is 6.77. The van der Waals surface area contributed by atoms with E-state index < -0.39 is 5.60 Å². The van der Waals surface area contributed by atoms with Crippen molar-refractivity contribution in [2.24, 2.45) is 5.92 Å². The van der Waals surface area contributed by atoms with Crippen LogP contribution in [0.25, 0.3) is 0 Å². The lowest BCUT2D eigenvalue weighted by Crippen LogP contribution is -2.43. The molecule has 2 atom stereocenters. The molecule has 1 heterocycles. The molecule has 3 rings (SSSR count). The van der Waals surface area contributed by atoms with Crippen molar-refractivity contribution < 1.29 is 9.90 Å². The standard InChI is InChI=1S/C19H25NO2/c1-19(22)17(14-20-11-5-6-12-20)13-16(18(19)21)10-9-15-7-3-2-4-8-15/h2-4,7-8,13,17,22H,5-6,9-12,14H2,1H3/t17-,19-/m1/s1. The molecule has 3 nitrogen and oxygen atoms in total. The first-order valence-electron chi connectivity index (χ1n) is 8.31. The molecule has 22 heavy (non-hydrogen) atoms. The molecule has 1 aliphatic carbocycles. The summed E-state index contributed by atoms with van der Waals surface area (Å²) >= 11 is 0. The van der Waals surface area contributed by atoms with E-state index in [4.69, 9.17) is 0 Å². The van der Waals surface area contributed by atoms with Gasteiger partial charge in [-0.05, 0) is 56.8 Å². The molecule has 0 amide bonds. The highest BCUT2D eigenvalue weighted by molar-refractivity contribution is 6.04. The fraction of sp³-hybridized carbons (Fsp3) is 0.526. The van der Waals surface area contributed by atoms with Crippen molar-refractivity contribution in [2.75, 3.05) is 19.6 Å². The summed E-state index contributed by atoms with van der Waals surface area (Å²) in [5, 5.41) is 10.6. The predicted octanol–water partition coefficient (Wildman–Crippen LogP) is 2.59. The van der Waals surface area contributed by atoms with Crippen LogP contribution < -0.4 is 0 Å². The van der Waals surface area contributed by atoms with Gasteiger partial charge in [-0.2, -0.15) is 0 Å². The van der Waals surface area contributed by atoms with Crippen molar-refractivity contribution in [1.29, 1.82) is 0 Å². The van der Waals surface area contributed by atoms with E-state index in [0.29, 0.717) is 0 Å². The highest BCUT2D eigenvalue weighted by Crippen LogP contribution is 2.34. The molecule has 1 saturated heterocycles. The summed E-state index contributed by atoms with van der Waals surface area (Å²) in [5.41, 5.74) is 0.811. The SMILES string of the molecule is C[C@]1(O)C(=O)C(CCc2ccccc2)=C[C@@H]1CN1CCCC1. The number of aliphatic hydroxyl groups is 1. The normalized spacial score (nSPS) is 29.1. The molecular weight excluding hydrogens is 274 g/mol. The van der Waals surface area contributed by atoms with E-state index in [2.05, 4.69) is 17.0 Å². The third-order valence-electron chi connectivity index (χ3n) is 5.06. The molecule has 0 radical (unpaired) electrons. The maximum Gasteiger partial charge on any atom is 0.190 e. The third kappa shape index (κ3) is 3.16. The zero-order valence-electron chi connectivity index (χ0n) is 13.3. The Bertz CT molecular complexity index is 556. The van der Waals surface area contributed by atoms with Gasteiger partial charge in [0.25, 0.3) is 0 Å². The number of ketones is 1. The molecule has 0 bridgehead atoms. The van der Waals surface area contributed by atoms with Gasteiger partial charge in [0, 0.05) is 12.5 Å². The number of rotatable bonds is 5. The summed E-state index contributed by atoms with van der Waals surface area (Å²) in [5.74, 6) is -0.142. The van der Waals surface area contributed by atoms with Crippen molar-refractivity contribution in [3.05, 3.63) is 47.5 Å². The van der Waals surface area contributed by atoms with Crippen LogP contribution in [0.1, 0.15) is 31.7 Å². The van der Waals surface area contributed by atoms with E-state index in [1.807, 2.05) is 24.3 Å². The number of aryl methyl sites for hydroxylation is 1. The van der Waals surface area contributed by atoms with Crippen LogP contribution >= 0.6 is 0 Å². The molecule has 0 saturated carbocycles. The minimum Gasteiger partial charge on any atom is -0.381 e. The third-order valence-corrected chi connectivity index (χ3v) is 5.06. The van der Waals surface area contributed by atoms with Crippen LogP contribution in [0.3, 0.4) is 0 Å². The highest BCUT2D eigenvalue weighted by Gasteiger charge is 2.45. The second-order valence-electron chi connectivity index (χ2n) is 6.77. The molecule has 118 valence electrons. The highest BCUT2D eigenvalue weighted by atomic mass is 16.3. The number of carbonyl (C=O) groups excluding carboxylic acids is 1. The van der Waals surface area contributed by atoms with Crippen LogP contribution in [0.4, 0.5) is 0 Å². The predicted molar refractivity (Wildman–Crippen MR) is 87.6 cm³/mol. The number of likely N-dealkylation sites (tertiary alicyclic amines) is 1. The van der Waals surface area contributed by atoms with E-state index in [-0.39, 0.29) is 11.7 Å². The topological polar surface area (TPSA) is 40.5 Å². The molecule has 0 aromatic heterocycles. The minimum atomic E-state index is -1.23. The summed E-state index contributed by atoms with van der Waals surface area (Å²) in [6, 6.07) is 10.2. The molecular formula is C19H25NO2. The van der Waals surface area contributed by atoms with E-state index in [1.165, 1.54) is 18.4 Å². The lowest BCUT2D eigenvalue weighted by atomic mass is 9.90. The number of carbonyl (C=O) groups is 1. The van der Waals surface area contributed by atoms with Crippen molar-refractivity contribution in [1.82, 2.24) is 4.90 Å². The molecule has 1 N–H and O–H groups in total. The molecule has 0 spiro atoms. The Kier molecular flexibility index (Phi) is 4.46. The maximum atomic E-state index is 12.5. The summed E-state index contributed by atoms with van der Waals surface area (Å²) in [4.78, 5) is 14.9. The second kappa shape index (κ2) is 6.35. The van der Waals surface area contributed by atoms with Gasteiger partial charge in [-0.3, -0.25) is 4.79 Å². The van der Waals surface area contributed by atoms with E-state index in [0.717, 1.165) is 38.0 Å². The summed E-state index contributed by atoms with van der Waals surface area (Å²) < 4.78 is 0. The van der Waals surface area contributed by atoms with Crippen LogP contribution in [-0.4, -0.2) is 41.0 Å². The summed E-state index contributed by atoms with van der Waals surface area (Å²) in [6.45, 7) is 4.66. The Morgan fingerprint density at radius 3 is 2.55 bits per heavy atom. The van der Waals surface area contributed by atoms with Crippen LogP contribution in [0.15, 0.2) is 42.0 Å². The number of benzene rings is 1. The van der Waals surface area contributed by atoms with Crippen LogP contribution in [-0.2, 0) is 11.2 Å². The minimum absolute atomic E-state index is 0.0659. The molecule has 1 aliphatic heterocycles. The van der Waals surface area contributed by atoms with Crippen molar-refractivity contribution >= 4 is 5.78 Å². The van der Waals surface area contributed by atoms with Gasteiger partial charge in [0.05, 0.1) is 0 Å². The Morgan fingerprint density at radius 2 is 1.86 bits per heavy atom. The van der Waals surface area contributed by atoms with Gasteiger partial charge in [0.2, 0.25) is 0 Å². The lowest BCUT2D eigenvalue weighted by Gasteiger charge is -2.27. The van der Waals surface area contributed by atoms with Gasteiger partial charge in [-0.15, -0.1) is 0 Å². The number of nitrogens with zero attached hydrogens (tertiary/aromatic N) is 1. The van der Waals surface area contributed by atoms with Crippen molar-refractivity contribution in [3.63, 3.8) is 0 Å². The van der Waals surface area contributed by atoms with Crippen LogP contribution in [0, 0.1) is 5.92 Å². The van der Waals surface area contributed by atoms with E-state index >= 15 is 0 Å². The van der Waals surface area contributed by atoms with Gasteiger partial charge >= 0.3 is 0 Å². The first-order valence-corrected chi connectivity index (χ1v) is 8.31.